The third kappa shape index (κ3) is 7.27. The molecule has 73 heavy (non-hydrogen) atoms. The first-order valence-electron chi connectivity index (χ1n) is 25.1. The van der Waals surface area contributed by atoms with Crippen molar-refractivity contribution in [3.63, 3.8) is 0 Å². The Balaban J connectivity index is 1.15. The van der Waals surface area contributed by atoms with Crippen molar-refractivity contribution in [2.75, 3.05) is 0 Å². The van der Waals surface area contributed by atoms with E-state index in [0.717, 1.165) is 88.4 Å². The van der Waals surface area contributed by atoms with Gasteiger partial charge in [0.25, 0.3) is 0 Å². The fraction of sp³-hybridized carbons (Fsp3) is 0. The largest absolute Gasteiger partial charge is 0.306 e. The molecule has 13 rings (SSSR count). The molecule has 0 saturated heterocycles. The lowest BCUT2D eigenvalue weighted by molar-refractivity contribution is 0.953. The highest BCUT2D eigenvalue weighted by Gasteiger charge is 2.27. The molecule has 0 aliphatic rings. The standard InChI is InChI=1S/C63H46B5N5/c64-53-52(54(65)56(67)57(68)55(53)66)49-24-14-23-44(41-19-8-3-9-20-41)58(49)72-50-25-12-10-21-45(50)47-35-36-48-46-22-11-13-26-51(46)73(60(48)59(47)72)63-70-61(42-31-27-39(28-32-42)37-15-4-1-5-16-37)69-62(71-63)43-33-29-40(30-34-43)38-17-6-2-7-18-38/h1-36H,64-68H2. The Bertz CT molecular complexity index is 4160. The first-order chi connectivity index (χ1) is 35.8. The van der Waals surface area contributed by atoms with Crippen LogP contribution in [0.3, 0.4) is 0 Å². The van der Waals surface area contributed by atoms with E-state index in [2.05, 4.69) is 267 Å². The highest BCUT2D eigenvalue weighted by atomic mass is 15.2. The summed E-state index contributed by atoms with van der Waals surface area (Å²) in [5.74, 6) is 1.74. The van der Waals surface area contributed by atoms with Crippen molar-refractivity contribution < 1.29 is 0 Å². The van der Waals surface area contributed by atoms with E-state index >= 15 is 0 Å². The smallest absolute Gasteiger partial charge is 0.238 e. The van der Waals surface area contributed by atoms with Gasteiger partial charge >= 0.3 is 0 Å². The van der Waals surface area contributed by atoms with E-state index in [9.17, 15) is 0 Å². The number of hydrogen-bond acceptors (Lipinski definition) is 3. The quantitative estimate of drug-likeness (QED) is 0.150. The average Bonchev–Trinajstić information content (AvgIpc) is 3.98. The Kier molecular flexibility index (Phi) is 10.7. The van der Waals surface area contributed by atoms with E-state index in [1.54, 1.807) is 0 Å². The van der Waals surface area contributed by atoms with Gasteiger partial charge in [0.15, 0.2) is 11.6 Å². The van der Waals surface area contributed by atoms with Crippen LogP contribution < -0.4 is 27.3 Å². The zero-order chi connectivity index (χ0) is 49.3. The second kappa shape index (κ2) is 17.8. The molecular weight excluding hydrogens is 881 g/mol. The van der Waals surface area contributed by atoms with Crippen molar-refractivity contribution >= 4 is 110 Å². The van der Waals surface area contributed by atoms with Crippen LogP contribution in [-0.2, 0) is 0 Å². The van der Waals surface area contributed by atoms with Crippen molar-refractivity contribution in [2.24, 2.45) is 0 Å². The summed E-state index contributed by atoms with van der Waals surface area (Å²) in [7, 11) is 11.4. The topological polar surface area (TPSA) is 48.5 Å². The molecule has 0 aliphatic heterocycles. The van der Waals surface area contributed by atoms with E-state index in [1.165, 1.54) is 43.8 Å². The third-order valence-corrected chi connectivity index (χ3v) is 15.4. The molecule has 3 aromatic heterocycles. The zero-order valence-corrected chi connectivity index (χ0v) is 41.5. The number of aromatic nitrogens is 5. The molecule has 10 heteroatoms. The summed E-state index contributed by atoms with van der Waals surface area (Å²) in [5, 5.41) is 4.55. The third-order valence-electron chi connectivity index (χ3n) is 15.4. The average molecular weight is 927 g/mol. The molecule has 0 spiro atoms. The van der Waals surface area contributed by atoms with E-state index in [4.69, 9.17) is 15.0 Å². The lowest BCUT2D eigenvalue weighted by Gasteiger charge is -2.25. The maximum atomic E-state index is 5.52. The molecular formula is C63H46B5N5. The monoisotopic (exact) mass is 927 g/mol. The Labute approximate surface area is 429 Å². The predicted octanol–water partition coefficient (Wildman–Crippen LogP) is 7.36. The number of fused-ring (bicyclic) bond motifs is 7. The second-order valence-electron chi connectivity index (χ2n) is 19.3. The van der Waals surface area contributed by atoms with Crippen LogP contribution in [0.15, 0.2) is 218 Å². The van der Waals surface area contributed by atoms with Gasteiger partial charge in [0.05, 0.1) is 27.8 Å². The lowest BCUT2D eigenvalue weighted by Crippen LogP contribution is -2.55. The van der Waals surface area contributed by atoms with Crippen molar-refractivity contribution in [1.82, 2.24) is 24.1 Å². The van der Waals surface area contributed by atoms with E-state index in [-0.39, 0.29) is 0 Å². The molecule has 0 saturated carbocycles. The lowest BCUT2D eigenvalue weighted by atomic mass is 9.59. The minimum atomic E-state index is 0.544. The second-order valence-corrected chi connectivity index (χ2v) is 19.3. The Hall–Kier alpha value is -8.87. The van der Waals surface area contributed by atoms with Gasteiger partial charge in [-0.1, -0.05) is 217 Å². The highest BCUT2D eigenvalue weighted by molar-refractivity contribution is 6.68. The number of rotatable bonds is 8. The SMILES string of the molecule is Bc1c(B)c(B)c(-c2cccc(-c3ccccc3)c2-n2c3ccccc3c3ccc4c5ccccc5n(-c5nc(-c6ccc(-c7ccccc7)cc6)nc(-c6ccc(-c7ccccc7)cc6)n5)c4c32)c(B)c1B. The first-order valence-corrected chi connectivity index (χ1v) is 25.1. The molecule has 0 N–H and O–H groups in total. The molecule has 3 heterocycles. The van der Waals surface area contributed by atoms with Crippen molar-refractivity contribution in [1.29, 1.82) is 0 Å². The van der Waals surface area contributed by atoms with Gasteiger partial charge in [-0.05, 0) is 45.5 Å². The van der Waals surface area contributed by atoms with Crippen molar-refractivity contribution in [2.45, 2.75) is 0 Å². The molecule has 0 bridgehead atoms. The maximum absolute atomic E-state index is 5.52. The van der Waals surface area contributed by atoms with Gasteiger partial charge in [0.1, 0.15) is 39.2 Å². The Morgan fingerprint density at radius 1 is 0.274 bits per heavy atom. The van der Waals surface area contributed by atoms with Gasteiger partial charge < -0.3 is 4.57 Å². The molecule has 0 unspecified atom stereocenters. The molecule has 5 nitrogen and oxygen atoms in total. The molecule has 0 atom stereocenters. The number of hydrogen-bond donors (Lipinski definition) is 0. The minimum Gasteiger partial charge on any atom is -0.306 e. The molecule has 0 radical (unpaired) electrons. The molecule has 10 aromatic carbocycles. The predicted molar refractivity (Wildman–Crippen MR) is 322 cm³/mol. The van der Waals surface area contributed by atoms with Gasteiger partial charge in [0, 0.05) is 43.8 Å². The van der Waals surface area contributed by atoms with E-state index in [1.807, 2.05) is 0 Å². The van der Waals surface area contributed by atoms with Crippen molar-refractivity contribution in [3.05, 3.63) is 218 Å². The van der Waals surface area contributed by atoms with Gasteiger partial charge in [-0.2, -0.15) is 9.97 Å². The van der Waals surface area contributed by atoms with Crippen LogP contribution in [-0.4, -0.2) is 63.3 Å². The Morgan fingerprint density at radius 3 is 1.16 bits per heavy atom. The summed E-state index contributed by atoms with van der Waals surface area (Å²) in [5.41, 5.74) is 23.1. The number of nitrogens with zero attached hydrogens (tertiary/aromatic N) is 5. The van der Waals surface area contributed by atoms with Crippen LogP contribution in [0.1, 0.15) is 0 Å². The highest BCUT2D eigenvalue weighted by Crippen LogP contribution is 2.45. The minimum absolute atomic E-state index is 0.544. The fourth-order valence-electron chi connectivity index (χ4n) is 11.3. The molecule has 0 amide bonds. The van der Waals surface area contributed by atoms with Gasteiger partial charge in [-0.15, -0.1) is 16.4 Å². The molecule has 13 aromatic rings. The fourth-order valence-corrected chi connectivity index (χ4v) is 11.3. The van der Waals surface area contributed by atoms with Crippen LogP contribution in [0.25, 0.3) is 123 Å². The van der Waals surface area contributed by atoms with E-state index in [0.29, 0.717) is 17.6 Å². The number of para-hydroxylation sites is 3. The van der Waals surface area contributed by atoms with Crippen LogP contribution in [0.5, 0.6) is 0 Å². The molecule has 0 fully saturated rings. The summed E-state index contributed by atoms with van der Waals surface area (Å²) in [6.07, 6.45) is 0. The molecule has 0 aliphatic carbocycles. The van der Waals surface area contributed by atoms with Gasteiger partial charge in [-0.3, -0.25) is 4.57 Å². The van der Waals surface area contributed by atoms with E-state index < -0.39 is 0 Å². The van der Waals surface area contributed by atoms with Crippen LogP contribution >= 0.6 is 0 Å². The van der Waals surface area contributed by atoms with Gasteiger partial charge in [0.2, 0.25) is 5.95 Å². The van der Waals surface area contributed by atoms with Crippen molar-refractivity contribution in [3.8, 4) is 78.9 Å². The molecule has 338 valence electrons. The summed E-state index contributed by atoms with van der Waals surface area (Å²) in [4.78, 5) is 16.3. The number of benzene rings is 10. The van der Waals surface area contributed by atoms with Crippen LogP contribution in [0.2, 0.25) is 0 Å². The summed E-state index contributed by atoms with van der Waals surface area (Å²) >= 11 is 0. The summed E-state index contributed by atoms with van der Waals surface area (Å²) < 4.78 is 4.85. The first kappa shape index (κ1) is 44.1. The zero-order valence-electron chi connectivity index (χ0n) is 41.5. The van der Waals surface area contributed by atoms with Crippen LogP contribution in [0, 0.1) is 0 Å². The van der Waals surface area contributed by atoms with Gasteiger partial charge in [-0.25, -0.2) is 4.98 Å². The van der Waals surface area contributed by atoms with Crippen LogP contribution in [0.4, 0.5) is 0 Å². The Morgan fingerprint density at radius 2 is 0.658 bits per heavy atom. The summed E-state index contributed by atoms with van der Waals surface area (Å²) in [6, 6.07) is 78.0. The normalized spacial score (nSPS) is 11.6. The maximum Gasteiger partial charge on any atom is 0.238 e. The summed E-state index contributed by atoms with van der Waals surface area (Å²) in [6.45, 7) is 0.